The van der Waals surface area contributed by atoms with Gasteiger partial charge in [0.15, 0.2) is 9.84 Å². The zero-order valence-corrected chi connectivity index (χ0v) is 11.3. The average molecular weight is 292 g/mol. The predicted molar refractivity (Wildman–Crippen MR) is 68.8 cm³/mol. The first-order valence-electron chi connectivity index (χ1n) is 4.96. The number of nitriles is 1. The van der Waals surface area contributed by atoms with Crippen LogP contribution < -0.4 is 0 Å². The highest BCUT2D eigenvalue weighted by atomic mass is 35.5. The summed E-state index contributed by atoms with van der Waals surface area (Å²) in [5.41, 5.74) is 0.535. The summed E-state index contributed by atoms with van der Waals surface area (Å²) in [6.45, 7) is 0. The molecule has 3 nitrogen and oxygen atoms in total. The highest BCUT2D eigenvalue weighted by molar-refractivity contribution is 7.90. The molecule has 0 heterocycles. The number of sulfone groups is 1. The van der Waals surface area contributed by atoms with E-state index in [9.17, 15) is 8.42 Å². The largest absolute Gasteiger partial charge is 0.228 e. The minimum absolute atomic E-state index is 0.000481. The van der Waals surface area contributed by atoms with Gasteiger partial charge in [-0.25, -0.2) is 8.42 Å². The molecular formula is C11H11Cl2NO2S. The van der Waals surface area contributed by atoms with Crippen LogP contribution >= 0.6 is 23.2 Å². The summed E-state index contributed by atoms with van der Waals surface area (Å²) in [6, 6.07) is 6.64. The number of hydrogen-bond acceptors (Lipinski definition) is 3. The van der Waals surface area contributed by atoms with E-state index < -0.39 is 9.84 Å². The molecule has 0 unspecified atom stereocenters. The normalized spacial score (nSPS) is 11.1. The first-order chi connectivity index (χ1) is 7.94. The monoisotopic (exact) mass is 291 g/mol. The Labute approximate surface area is 111 Å². The zero-order valence-electron chi connectivity index (χ0n) is 8.99. The van der Waals surface area contributed by atoms with E-state index in [0.717, 1.165) is 0 Å². The molecule has 92 valence electrons. The van der Waals surface area contributed by atoms with Gasteiger partial charge in [-0.05, 0) is 24.1 Å². The summed E-state index contributed by atoms with van der Waals surface area (Å²) in [4.78, 5) is 0. The van der Waals surface area contributed by atoms with Gasteiger partial charge in [-0.15, -0.1) is 0 Å². The van der Waals surface area contributed by atoms with Gasteiger partial charge in [-0.1, -0.05) is 29.3 Å². The molecule has 0 N–H and O–H groups in total. The van der Waals surface area contributed by atoms with Crippen LogP contribution in [0, 0.1) is 11.3 Å². The van der Waals surface area contributed by atoms with Gasteiger partial charge in [-0.2, -0.15) is 5.26 Å². The van der Waals surface area contributed by atoms with Crippen molar-refractivity contribution in [3.8, 4) is 6.07 Å². The molecule has 17 heavy (non-hydrogen) atoms. The molecule has 1 rings (SSSR count). The first kappa shape index (κ1) is 14.3. The fourth-order valence-corrected chi connectivity index (χ4v) is 3.33. The molecule has 0 spiro atoms. The summed E-state index contributed by atoms with van der Waals surface area (Å²) < 4.78 is 23.4. The number of benzene rings is 1. The number of nitrogens with zero attached hydrogens (tertiary/aromatic N) is 1. The van der Waals surface area contributed by atoms with E-state index >= 15 is 0 Å². The second-order valence-electron chi connectivity index (χ2n) is 3.59. The van der Waals surface area contributed by atoms with Crippen LogP contribution in [-0.4, -0.2) is 14.2 Å². The molecule has 1 aromatic carbocycles. The summed E-state index contributed by atoms with van der Waals surface area (Å²) in [6.07, 6.45) is 0.595. The van der Waals surface area contributed by atoms with Crippen molar-refractivity contribution >= 4 is 33.0 Å². The van der Waals surface area contributed by atoms with Crippen molar-refractivity contribution in [3.05, 3.63) is 33.8 Å². The lowest BCUT2D eigenvalue weighted by atomic mass is 10.2. The van der Waals surface area contributed by atoms with Crippen molar-refractivity contribution in [2.75, 3.05) is 5.75 Å². The second kappa shape index (κ2) is 6.25. The van der Waals surface area contributed by atoms with Crippen LogP contribution in [-0.2, 0) is 15.6 Å². The molecule has 6 heteroatoms. The molecule has 0 saturated heterocycles. The maximum atomic E-state index is 11.7. The second-order valence-corrected chi connectivity index (χ2v) is 6.62. The average Bonchev–Trinajstić information content (AvgIpc) is 2.22. The first-order valence-corrected chi connectivity index (χ1v) is 7.53. The minimum Gasteiger partial charge on any atom is -0.228 e. The Morgan fingerprint density at radius 1 is 1.29 bits per heavy atom. The Morgan fingerprint density at radius 2 is 2.00 bits per heavy atom. The van der Waals surface area contributed by atoms with E-state index in [0.29, 0.717) is 22.0 Å². The maximum Gasteiger partial charge on any atom is 0.154 e. The molecule has 0 aliphatic heterocycles. The molecule has 0 saturated carbocycles. The molecule has 0 aliphatic carbocycles. The third kappa shape index (κ3) is 4.95. The Hall–Kier alpha value is -0.760. The minimum atomic E-state index is -3.22. The quantitative estimate of drug-likeness (QED) is 0.783. The van der Waals surface area contributed by atoms with E-state index in [4.69, 9.17) is 28.5 Å². The van der Waals surface area contributed by atoms with E-state index in [1.807, 2.05) is 6.07 Å². The number of halogens is 2. The van der Waals surface area contributed by atoms with Gasteiger partial charge in [0.25, 0.3) is 0 Å². The van der Waals surface area contributed by atoms with Crippen molar-refractivity contribution in [2.45, 2.75) is 18.6 Å². The van der Waals surface area contributed by atoms with Crippen LogP contribution in [0.25, 0.3) is 0 Å². The van der Waals surface area contributed by atoms with Crippen molar-refractivity contribution in [1.29, 1.82) is 5.26 Å². The molecule has 0 amide bonds. The lowest BCUT2D eigenvalue weighted by Crippen LogP contribution is -2.09. The fraction of sp³-hybridized carbons (Fsp3) is 0.364. The summed E-state index contributed by atoms with van der Waals surface area (Å²) in [7, 11) is -3.22. The molecule has 0 fully saturated rings. The lowest BCUT2D eigenvalue weighted by Gasteiger charge is -2.05. The van der Waals surface area contributed by atoms with Crippen LogP contribution in [0.5, 0.6) is 0 Å². The van der Waals surface area contributed by atoms with Gasteiger partial charge in [0.1, 0.15) is 0 Å². The number of rotatable bonds is 5. The summed E-state index contributed by atoms with van der Waals surface area (Å²) in [5.74, 6) is -0.117. The molecule has 0 bridgehead atoms. The number of hydrogen-bond donors (Lipinski definition) is 0. The Balaban J connectivity index is 2.73. The Kier molecular flexibility index (Phi) is 5.26. The highest BCUT2D eigenvalue weighted by Crippen LogP contribution is 2.23. The SMILES string of the molecule is N#CCCCS(=O)(=O)Cc1ccc(Cl)cc1Cl. The van der Waals surface area contributed by atoms with E-state index in [-0.39, 0.29) is 17.9 Å². The number of unbranched alkanes of at least 4 members (excludes halogenated alkanes) is 1. The van der Waals surface area contributed by atoms with Crippen molar-refractivity contribution < 1.29 is 8.42 Å². The van der Waals surface area contributed by atoms with E-state index in [1.54, 1.807) is 12.1 Å². The molecule has 1 aromatic rings. The van der Waals surface area contributed by atoms with Gasteiger partial charge in [0.2, 0.25) is 0 Å². The Morgan fingerprint density at radius 3 is 2.59 bits per heavy atom. The third-order valence-electron chi connectivity index (χ3n) is 2.13. The third-order valence-corrected chi connectivity index (χ3v) is 4.38. The lowest BCUT2D eigenvalue weighted by molar-refractivity contribution is 0.593. The van der Waals surface area contributed by atoms with Crippen LogP contribution in [0.15, 0.2) is 18.2 Å². The van der Waals surface area contributed by atoms with Crippen LogP contribution in [0.3, 0.4) is 0 Å². The van der Waals surface area contributed by atoms with Crippen molar-refractivity contribution in [3.63, 3.8) is 0 Å². The van der Waals surface area contributed by atoms with E-state index in [2.05, 4.69) is 0 Å². The smallest absolute Gasteiger partial charge is 0.154 e. The predicted octanol–water partition coefficient (Wildman–Crippen LogP) is 3.21. The maximum absolute atomic E-state index is 11.7. The molecule has 0 aromatic heterocycles. The molecule has 0 aliphatic rings. The van der Waals surface area contributed by atoms with E-state index in [1.165, 1.54) is 6.07 Å². The molecule has 0 atom stereocenters. The van der Waals surface area contributed by atoms with Crippen LogP contribution in [0.1, 0.15) is 18.4 Å². The van der Waals surface area contributed by atoms with Gasteiger partial charge >= 0.3 is 0 Å². The van der Waals surface area contributed by atoms with Gasteiger partial charge < -0.3 is 0 Å². The zero-order chi connectivity index (χ0) is 12.9. The van der Waals surface area contributed by atoms with Gasteiger partial charge in [0.05, 0.1) is 17.6 Å². The van der Waals surface area contributed by atoms with Crippen molar-refractivity contribution in [1.82, 2.24) is 0 Å². The van der Waals surface area contributed by atoms with Crippen molar-refractivity contribution in [2.24, 2.45) is 0 Å². The fourth-order valence-electron chi connectivity index (χ4n) is 1.32. The Bertz CT molecular complexity index is 535. The topological polar surface area (TPSA) is 57.9 Å². The standard InChI is InChI=1S/C11H11Cl2NO2S/c12-10-4-3-9(11(13)7-10)8-17(15,16)6-2-1-5-14/h3-4,7H,1-2,6,8H2. The van der Waals surface area contributed by atoms with Gasteiger partial charge in [0, 0.05) is 16.5 Å². The highest BCUT2D eigenvalue weighted by Gasteiger charge is 2.14. The summed E-state index contributed by atoms with van der Waals surface area (Å²) in [5, 5.41) is 9.17. The summed E-state index contributed by atoms with van der Waals surface area (Å²) >= 11 is 11.6. The molecule has 0 radical (unpaired) electrons. The van der Waals surface area contributed by atoms with Gasteiger partial charge in [-0.3, -0.25) is 0 Å². The van der Waals surface area contributed by atoms with Crippen LogP contribution in [0.4, 0.5) is 0 Å². The van der Waals surface area contributed by atoms with Crippen LogP contribution in [0.2, 0.25) is 10.0 Å². The molecular weight excluding hydrogens is 281 g/mol.